The van der Waals surface area contributed by atoms with Crippen molar-refractivity contribution in [3.8, 4) is 11.4 Å². The number of tetrazole rings is 1. The number of benzene rings is 1. The van der Waals surface area contributed by atoms with Crippen LogP contribution in [0.5, 0.6) is 5.75 Å². The fraction of sp³-hybridized carbons (Fsp3) is 0.529. The van der Waals surface area contributed by atoms with Gasteiger partial charge >= 0.3 is 6.03 Å². The zero-order valence-corrected chi connectivity index (χ0v) is 14.4. The molecule has 8 nitrogen and oxygen atoms in total. The molecule has 0 aliphatic heterocycles. The van der Waals surface area contributed by atoms with E-state index in [1.54, 1.807) is 4.68 Å². The Balaban J connectivity index is 1.56. The van der Waals surface area contributed by atoms with E-state index in [4.69, 9.17) is 4.74 Å². The zero-order chi connectivity index (χ0) is 17.5. The van der Waals surface area contributed by atoms with Crippen LogP contribution < -0.4 is 15.4 Å². The Morgan fingerprint density at radius 1 is 1.24 bits per heavy atom. The monoisotopic (exact) mass is 344 g/mol. The third-order valence-electron chi connectivity index (χ3n) is 4.27. The topological polar surface area (TPSA) is 94.0 Å². The Hall–Kier alpha value is -2.64. The van der Waals surface area contributed by atoms with Crippen LogP contribution in [0.15, 0.2) is 24.3 Å². The number of nitrogens with one attached hydrogen (secondary N) is 2. The van der Waals surface area contributed by atoms with Crippen molar-refractivity contribution in [2.45, 2.75) is 51.6 Å². The molecule has 1 heterocycles. The number of nitrogens with zero attached hydrogens (tertiary/aromatic N) is 4. The van der Waals surface area contributed by atoms with Crippen LogP contribution in [0.2, 0.25) is 0 Å². The van der Waals surface area contributed by atoms with Crippen LogP contribution in [0.25, 0.3) is 5.69 Å². The van der Waals surface area contributed by atoms with Gasteiger partial charge in [-0.15, -0.1) is 5.10 Å². The third kappa shape index (κ3) is 4.68. The summed E-state index contributed by atoms with van der Waals surface area (Å²) in [5.41, 5.74) is 0.818. The van der Waals surface area contributed by atoms with Gasteiger partial charge in [-0.25, -0.2) is 4.79 Å². The third-order valence-corrected chi connectivity index (χ3v) is 4.27. The summed E-state index contributed by atoms with van der Waals surface area (Å²) in [6.45, 7) is 2.83. The first kappa shape index (κ1) is 17.2. The molecule has 1 aromatic heterocycles. The number of hydrogen-bond donors (Lipinski definition) is 2. The van der Waals surface area contributed by atoms with Gasteiger partial charge < -0.3 is 15.4 Å². The summed E-state index contributed by atoms with van der Waals surface area (Å²) in [6.07, 6.45) is 5.73. The van der Waals surface area contributed by atoms with Crippen molar-refractivity contribution < 1.29 is 9.53 Å². The van der Waals surface area contributed by atoms with Gasteiger partial charge in [-0.1, -0.05) is 19.3 Å². The lowest BCUT2D eigenvalue weighted by Crippen LogP contribution is -2.42. The second-order valence-corrected chi connectivity index (χ2v) is 6.10. The average Bonchev–Trinajstić information content (AvgIpc) is 3.10. The van der Waals surface area contributed by atoms with Crippen LogP contribution in [0.3, 0.4) is 0 Å². The van der Waals surface area contributed by atoms with E-state index in [1.165, 1.54) is 19.3 Å². The molecule has 0 unspecified atom stereocenters. The van der Waals surface area contributed by atoms with Crippen molar-refractivity contribution in [1.29, 1.82) is 0 Å². The Kier molecular flexibility index (Phi) is 5.81. The second-order valence-electron chi connectivity index (χ2n) is 6.10. The van der Waals surface area contributed by atoms with E-state index < -0.39 is 0 Å². The van der Waals surface area contributed by atoms with E-state index in [-0.39, 0.29) is 18.6 Å². The molecular formula is C17H24N6O2. The average molecular weight is 344 g/mol. The Morgan fingerprint density at radius 3 is 2.72 bits per heavy atom. The van der Waals surface area contributed by atoms with Crippen molar-refractivity contribution in [3.63, 3.8) is 0 Å². The van der Waals surface area contributed by atoms with E-state index in [1.807, 2.05) is 31.2 Å². The summed E-state index contributed by atoms with van der Waals surface area (Å²) in [5.74, 6) is 1.37. The molecule has 0 bridgehead atoms. The van der Waals surface area contributed by atoms with E-state index in [0.29, 0.717) is 12.4 Å². The maximum Gasteiger partial charge on any atom is 0.315 e. The van der Waals surface area contributed by atoms with Crippen LogP contribution >= 0.6 is 0 Å². The van der Waals surface area contributed by atoms with Crippen molar-refractivity contribution in [2.24, 2.45) is 0 Å². The highest BCUT2D eigenvalue weighted by molar-refractivity contribution is 5.74. The Bertz CT molecular complexity index is 679. The van der Waals surface area contributed by atoms with Gasteiger partial charge in [-0.05, 0) is 54.5 Å². The highest BCUT2D eigenvalue weighted by Crippen LogP contribution is 2.17. The van der Waals surface area contributed by atoms with Crippen molar-refractivity contribution in [1.82, 2.24) is 30.8 Å². The van der Waals surface area contributed by atoms with Crippen LogP contribution in [0, 0.1) is 0 Å². The van der Waals surface area contributed by atoms with E-state index in [9.17, 15) is 4.79 Å². The maximum atomic E-state index is 12.1. The van der Waals surface area contributed by atoms with Gasteiger partial charge in [0.2, 0.25) is 0 Å². The van der Waals surface area contributed by atoms with Gasteiger partial charge in [-0.3, -0.25) is 0 Å². The minimum atomic E-state index is -0.173. The molecule has 1 aliphatic carbocycles. The van der Waals surface area contributed by atoms with Crippen molar-refractivity contribution >= 4 is 6.03 Å². The molecule has 2 amide bonds. The molecular weight excluding hydrogens is 320 g/mol. The smallest absolute Gasteiger partial charge is 0.315 e. The minimum Gasteiger partial charge on any atom is -0.494 e. The fourth-order valence-corrected chi connectivity index (χ4v) is 3.01. The number of carbonyl (C=O) groups excluding carboxylic acids is 1. The lowest BCUT2D eigenvalue weighted by atomic mass is 9.96. The summed E-state index contributed by atoms with van der Waals surface area (Å²) in [5, 5.41) is 17.6. The van der Waals surface area contributed by atoms with Gasteiger partial charge in [0.1, 0.15) is 5.75 Å². The number of urea groups is 1. The van der Waals surface area contributed by atoms with Crippen LogP contribution in [0.4, 0.5) is 4.79 Å². The van der Waals surface area contributed by atoms with Crippen LogP contribution in [-0.2, 0) is 6.54 Å². The summed E-state index contributed by atoms with van der Waals surface area (Å²) < 4.78 is 7.04. The van der Waals surface area contributed by atoms with Gasteiger partial charge in [0, 0.05) is 6.04 Å². The maximum absolute atomic E-state index is 12.1. The molecule has 2 N–H and O–H groups in total. The number of amides is 2. The highest BCUT2D eigenvalue weighted by Gasteiger charge is 2.16. The normalized spacial score (nSPS) is 14.9. The molecule has 8 heteroatoms. The quantitative estimate of drug-likeness (QED) is 0.838. The highest BCUT2D eigenvalue weighted by atomic mass is 16.5. The molecule has 0 atom stereocenters. The predicted octanol–water partition coefficient (Wildman–Crippen LogP) is 2.19. The molecule has 2 aromatic rings. The van der Waals surface area contributed by atoms with Crippen molar-refractivity contribution in [2.75, 3.05) is 6.61 Å². The molecule has 0 radical (unpaired) electrons. The van der Waals surface area contributed by atoms with E-state index in [0.717, 1.165) is 24.3 Å². The molecule has 1 fully saturated rings. The van der Waals surface area contributed by atoms with E-state index in [2.05, 4.69) is 26.2 Å². The second kappa shape index (κ2) is 8.46. The van der Waals surface area contributed by atoms with Crippen LogP contribution in [-0.4, -0.2) is 38.9 Å². The molecule has 0 spiro atoms. The fourth-order valence-electron chi connectivity index (χ4n) is 3.01. The molecule has 1 saturated carbocycles. The summed E-state index contributed by atoms with van der Waals surface area (Å²) >= 11 is 0. The summed E-state index contributed by atoms with van der Waals surface area (Å²) in [7, 11) is 0. The predicted molar refractivity (Wildman–Crippen MR) is 92.6 cm³/mol. The molecule has 1 aliphatic rings. The SMILES string of the molecule is CCOc1ccc(-n2nnnc2CNC(=O)NC2CCCCC2)cc1. The number of carbonyl (C=O) groups is 1. The Labute approximate surface area is 146 Å². The number of hydrogen-bond acceptors (Lipinski definition) is 5. The summed E-state index contributed by atoms with van der Waals surface area (Å²) in [4.78, 5) is 12.1. The number of ether oxygens (including phenoxy) is 1. The number of aromatic nitrogens is 4. The molecule has 3 rings (SSSR count). The van der Waals surface area contributed by atoms with Gasteiger partial charge in [0.15, 0.2) is 5.82 Å². The lowest BCUT2D eigenvalue weighted by Gasteiger charge is -2.22. The Morgan fingerprint density at radius 2 is 2.00 bits per heavy atom. The van der Waals surface area contributed by atoms with Gasteiger partial charge in [0.05, 0.1) is 18.8 Å². The first-order valence-electron chi connectivity index (χ1n) is 8.81. The van der Waals surface area contributed by atoms with E-state index >= 15 is 0 Å². The largest absolute Gasteiger partial charge is 0.494 e. The molecule has 25 heavy (non-hydrogen) atoms. The molecule has 1 aromatic carbocycles. The summed E-state index contributed by atoms with van der Waals surface area (Å²) in [6, 6.07) is 7.60. The van der Waals surface area contributed by atoms with Crippen molar-refractivity contribution in [3.05, 3.63) is 30.1 Å². The zero-order valence-electron chi connectivity index (χ0n) is 14.4. The number of rotatable bonds is 6. The first-order valence-corrected chi connectivity index (χ1v) is 8.81. The molecule has 134 valence electrons. The van der Waals surface area contributed by atoms with Crippen LogP contribution in [0.1, 0.15) is 44.9 Å². The lowest BCUT2D eigenvalue weighted by molar-refractivity contribution is 0.232. The standard InChI is InChI=1S/C17H24N6O2/c1-2-25-15-10-8-14(9-11-15)23-16(20-21-22-23)12-18-17(24)19-13-6-4-3-5-7-13/h8-11,13H,2-7,12H2,1H3,(H2,18,19,24). The molecule has 0 saturated heterocycles. The van der Waals surface area contributed by atoms with Gasteiger partial charge in [0.25, 0.3) is 0 Å². The van der Waals surface area contributed by atoms with Gasteiger partial charge in [-0.2, -0.15) is 4.68 Å². The first-order chi connectivity index (χ1) is 12.3. The minimum absolute atomic E-state index is 0.173.